The Kier molecular flexibility index (Phi) is 5.58. The van der Waals surface area contributed by atoms with Gasteiger partial charge in [-0.15, -0.1) is 0 Å². The Balaban J connectivity index is 1.90. The Morgan fingerprint density at radius 3 is 2.13 bits per heavy atom. The van der Waals surface area contributed by atoms with Crippen LogP contribution in [0.4, 0.5) is 11.4 Å². The Bertz CT molecular complexity index is 1100. The second-order valence-corrected chi connectivity index (χ2v) is 6.89. The molecule has 0 aromatic heterocycles. The molecule has 1 N–H and O–H groups in total. The van der Waals surface area contributed by atoms with Gasteiger partial charge in [-0.2, -0.15) is 0 Å². The average Bonchev–Trinajstić information content (AvgIpc) is 2.83. The van der Waals surface area contributed by atoms with Crippen LogP contribution in [0.5, 0.6) is 23.0 Å². The molecule has 1 heterocycles. The summed E-state index contributed by atoms with van der Waals surface area (Å²) in [6, 6.07) is 18.5. The van der Waals surface area contributed by atoms with E-state index in [-0.39, 0.29) is 5.91 Å². The van der Waals surface area contributed by atoms with Crippen LogP contribution in [0.25, 0.3) is 0 Å². The van der Waals surface area contributed by atoms with Gasteiger partial charge in [-0.25, -0.2) is 0 Å². The second kappa shape index (κ2) is 8.47. The zero-order valence-corrected chi connectivity index (χ0v) is 17.8. The molecule has 0 saturated heterocycles. The van der Waals surface area contributed by atoms with E-state index in [9.17, 15) is 4.79 Å². The van der Waals surface area contributed by atoms with Crippen LogP contribution in [0, 0.1) is 0 Å². The molecule has 160 valence electrons. The molecule has 31 heavy (non-hydrogen) atoms. The molecule has 1 atom stereocenters. The van der Waals surface area contributed by atoms with Gasteiger partial charge in [-0.3, -0.25) is 9.69 Å². The lowest BCUT2D eigenvalue weighted by molar-refractivity contribution is 0.0974. The number of carbonyl (C=O) groups excluding carboxylic acids is 1. The van der Waals surface area contributed by atoms with Crippen LogP contribution in [0.3, 0.4) is 0 Å². The third kappa shape index (κ3) is 3.48. The zero-order valence-electron chi connectivity index (χ0n) is 17.8. The number of methoxy groups -OCH3 is 4. The number of hydrogen-bond donors (Lipinski definition) is 1. The number of nitrogens with one attached hydrogen (secondary N) is 1. The molecular weight excluding hydrogens is 396 g/mol. The van der Waals surface area contributed by atoms with E-state index < -0.39 is 6.17 Å². The summed E-state index contributed by atoms with van der Waals surface area (Å²) in [6.07, 6.45) is -0.537. The lowest BCUT2D eigenvalue weighted by Crippen LogP contribution is -2.43. The average molecular weight is 420 g/mol. The van der Waals surface area contributed by atoms with Crippen LogP contribution in [-0.2, 0) is 0 Å². The Hall–Kier alpha value is -3.87. The summed E-state index contributed by atoms with van der Waals surface area (Å²) < 4.78 is 22.0. The van der Waals surface area contributed by atoms with Gasteiger partial charge >= 0.3 is 0 Å². The maximum Gasteiger partial charge on any atom is 0.262 e. The molecule has 3 aromatic rings. The summed E-state index contributed by atoms with van der Waals surface area (Å²) in [5, 5.41) is 3.48. The maximum atomic E-state index is 13.6. The molecule has 0 spiro atoms. The highest BCUT2D eigenvalue weighted by atomic mass is 16.5. The van der Waals surface area contributed by atoms with Gasteiger partial charge in [0.25, 0.3) is 5.91 Å². The lowest BCUT2D eigenvalue weighted by atomic mass is 10.0. The summed E-state index contributed by atoms with van der Waals surface area (Å²) in [6.45, 7) is 0. The van der Waals surface area contributed by atoms with Crippen LogP contribution >= 0.6 is 0 Å². The predicted octanol–water partition coefficient (Wildman–Crippen LogP) is 4.49. The lowest BCUT2D eigenvalue weighted by Gasteiger charge is -2.38. The smallest absolute Gasteiger partial charge is 0.262 e. The highest BCUT2D eigenvalue weighted by molar-refractivity contribution is 6.12. The van der Waals surface area contributed by atoms with Crippen molar-refractivity contribution in [2.75, 3.05) is 38.7 Å². The maximum absolute atomic E-state index is 13.6. The largest absolute Gasteiger partial charge is 0.497 e. The van der Waals surface area contributed by atoms with Crippen molar-refractivity contribution in [2.24, 2.45) is 0 Å². The number of rotatable bonds is 6. The number of anilines is 2. The molecule has 1 amide bonds. The van der Waals surface area contributed by atoms with Crippen molar-refractivity contribution in [3.8, 4) is 23.0 Å². The van der Waals surface area contributed by atoms with Crippen molar-refractivity contribution in [1.82, 2.24) is 0 Å². The third-order valence-electron chi connectivity index (χ3n) is 5.31. The molecular formula is C24H24N2O5. The summed E-state index contributed by atoms with van der Waals surface area (Å²) >= 11 is 0. The first-order valence-electron chi connectivity index (χ1n) is 9.75. The van der Waals surface area contributed by atoms with Crippen molar-refractivity contribution in [3.05, 3.63) is 71.8 Å². The van der Waals surface area contributed by atoms with Crippen LogP contribution in [0.15, 0.2) is 60.7 Å². The summed E-state index contributed by atoms with van der Waals surface area (Å²) in [5.41, 5.74) is 2.79. The van der Waals surface area contributed by atoms with Crippen molar-refractivity contribution >= 4 is 17.3 Å². The third-order valence-corrected chi connectivity index (χ3v) is 5.31. The molecule has 0 saturated carbocycles. The van der Waals surface area contributed by atoms with Crippen LogP contribution in [-0.4, -0.2) is 34.3 Å². The highest BCUT2D eigenvalue weighted by Gasteiger charge is 2.36. The molecule has 1 aliphatic rings. The summed E-state index contributed by atoms with van der Waals surface area (Å²) in [7, 11) is 6.30. The Morgan fingerprint density at radius 2 is 1.48 bits per heavy atom. The first-order chi connectivity index (χ1) is 15.1. The van der Waals surface area contributed by atoms with E-state index in [1.807, 2.05) is 54.6 Å². The SMILES string of the molecule is COc1ccc(N2C(=O)c3ccccc3NC2c2ccc(OC)c(OC)c2OC)cc1. The van der Waals surface area contributed by atoms with Crippen molar-refractivity contribution < 1.29 is 23.7 Å². The monoisotopic (exact) mass is 420 g/mol. The summed E-state index contributed by atoms with van der Waals surface area (Å²) in [4.78, 5) is 15.3. The number of ether oxygens (including phenoxy) is 4. The fourth-order valence-electron chi connectivity index (χ4n) is 3.82. The van der Waals surface area contributed by atoms with Crippen molar-refractivity contribution in [1.29, 1.82) is 0 Å². The second-order valence-electron chi connectivity index (χ2n) is 6.89. The first kappa shape index (κ1) is 20.4. The Morgan fingerprint density at radius 1 is 0.774 bits per heavy atom. The van der Waals surface area contributed by atoms with Crippen LogP contribution in [0.2, 0.25) is 0 Å². The van der Waals surface area contributed by atoms with Gasteiger partial charge in [0.2, 0.25) is 5.75 Å². The van der Waals surface area contributed by atoms with Crippen molar-refractivity contribution in [2.45, 2.75) is 6.17 Å². The van der Waals surface area contributed by atoms with Crippen LogP contribution in [0.1, 0.15) is 22.1 Å². The van der Waals surface area contributed by atoms with Gasteiger partial charge in [-0.1, -0.05) is 12.1 Å². The number of amides is 1. The molecule has 0 radical (unpaired) electrons. The van der Waals surface area contributed by atoms with Gasteiger partial charge in [0.15, 0.2) is 11.5 Å². The zero-order chi connectivity index (χ0) is 22.0. The number of hydrogen-bond acceptors (Lipinski definition) is 6. The van der Waals surface area contributed by atoms with E-state index in [4.69, 9.17) is 18.9 Å². The molecule has 1 unspecified atom stereocenters. The van der Waals surface area contributed by atoms with E-state index in [1.165, 1.54) is 0 Å². The minimum atomic E-state index is -0.537. The van der Waals surface area contributed by atoms with E-state index in [0.717, 1.165) is 16.9 Å². The quantitative estimate of drug-likeness (QED) is 0.634. The van der Waals surface area contributed by atoms with E-state index in [1.54, 1.807) is 39.4 Å². The molecule has 4 rings (SSSR count). The van der Waals surface area contributed by atoms with E-state index in [2.05, 4.69) is 5.32 Å². The van der Waals surface area contributed by atoms with E-state index >= 15 is 0 Å². The number of benzene rings is 3. The molecule has 1 aliphatic heterocycles. The van der Waals surface area contributed by atoms with Gasteiger partial charge < -0.3 is 24.3 Å². The topological polar surface area (TPSA) is 69.3 Å². The highest BCUT2D eigenvalue weighted by Crippen LogP contribution is 2.46. The summed E-state index contributed by atoms with van der Waals surface area (Å²) in [5.74, 6) is 2.08. The first-order valence-corrected chi connectivity index (χ1v) is 9.75. The molecule has 0 aliphatic carbocycles. The Labute approximate surface area is 181 Å². The van der Waals surface area contributed by atoms with Gasteiger partial charge in [0.05, 0.1) is 34.0 Å². The molecule has 7 nitrogen and oxygen atoms in total. The fraction of sp³-hybridized carbons (Fsp3) is 0.208. The van der Waals surface area contributed by atoms with Gasteiger partial charge in [0, 0.05) is 16.9 Å². The molecule has 0 bridgehead atoms. The van der Waals surface area contributed by atoms with Crippen LogP contribution < -0.4 is 29.2 Å². The number of para-hydroxylation sites is 1. The van der Waals surface area contributed by atoms with Gasteiger partial charge in [-0.05, 0) is 48.5 Å². The molecule has 3 aromatic carbocycles. The molecule has 7 heteroatoms. The predicted molar refractivity (Wildman–Crippen MR) is 119 cm³/mol. The van der Waals surface area contributed by atoms with Crippen molar-refractivity contribution in [3.63, 3.8) is 0 Å². The standard InChI is InChI=1S/C24H24N2O5/c1-28-16-11-9-15(10-12-16)26-23(25-19-8-6-5-7-17(19)24(26)27)18-13-14-20(29-2)22(31-4)21(18)30-3/h5-14,23,25H,1-4H3. The minimum Gasteiger partial charge on any atom is -0.497 e. The number of fused-ring (bicyclic) bond motifs is 1. The number of nitrogens with zero attached hydrogens (tertiary/aromatic N) is 1. The molecule has 0 fully saturated rings. The normalized spacial score (nSPS) is 15.0. The van der Waals surface area contributed by atoms with E-state index in [0.29, 0.717) is 28.6 Å². The van der Waals surface area contributed by atoms with Gasteiger partial charge in [0.1, 0.15) is 11.9 Å². The number of carbonyl (C=O) groups is 1. The fourth-order valence-corrected chi connectivity index (χ4v) is 3.82. The minimum absolute atomic E-state index is 0.124.